The second-order valence-corrected chi connectivity index (χ2v) is 4.00. The number of ether oxygens (including phenoxy) is 1. The molecule has 0 atom stereocenters. The number of aryl methyl sites for hydroxylation is 1. The lowest BCUT2D eigenvalue weighted by atomic mass is 10.2. The van der Waals surface area contributed by atoms with Crippen LogP contribution in [-0.4, -0.2) is 23.6 Å². The van der Waals surface area contributed by atoms with Gasteiger partial charge < -0.3 is 10.1 Å². The third kappa shape index (κ3) is 3.83. The lowest BCUT2D eigenvalue weighted by molar-refractivity contribution is 0.250. The maximum atomic E-state index is 5.44. The van der Waals surface area contributed by atoms with Crippen LogP contribution in [0.1, 0.15) is 25.1 Å². The van der Waals surface area contributed by atoms with Gasteiger partial charge in [-0.3, -0.25) is 0 Å². The van der Waals surface area contributed by atoms with Crippen LogP contribution in [0.4, 0.5) is 0 Å². The Morgan fingerprint density at radius 3 is 2.73 bits per heavy atom. The van der Waals surface area contributed by atoms with E-state index >= 15 is 0 Å². The van der Waals surface area contributed by atoms with Crippen LogP contribution in [0.15, 0.2) is 6.20 Å². The van der Waals surface area contributed by atoms with E-state index in [2.05, 4.69) is 29.1 Å². The molecule has 1 aromatic rings. The van der Waals surface area contributed by atoms with Gasteiger partial charge >= 0.3 is 6.01 Å². The van der Waals surface area contributed by atoms with Crippen molar-refractivity contribution in [2.24, 2.45) is 5.92 Å². The summed E-state index contributed by atoms with van der Waals surface area (Å²) in [6, 6.07) is 0.473. The van der Waals surface area contributed by atoms with Crippen LogP contribution >= 0.6 is 0 Å². The highest BCUT2D eigenvalue weighted by Crippen LogP contribution is 2.09. The Morgan fingerprint density at radius 1 is 1.47 bits per heavy atom. The zero-order chi connectivity index (χ0) is 11.3. The molecule has 4 heteroatoms. The number of aromatic nitrogens is 2. The van der Waals surface area contributed by atoms with Gasteiger partial charge in [0.1, 0.15) is 0 Å². The van der Waals surface area contributed by atoms with Crippen molar-refractivity contribution in [1.82, 2.24) is 15.3 Å². The first-order valence-electron chi connectivity index (χ1n) is 5.23. The first-order chi connectivity index (χ1) is 7.13. The molecule has 1 aromatic heterocycles. The van der Waals surface area contributed by atoms with Crippen LogP contribution in [0, 0.1) is 12.8 Å². The fourth-order valence-electron chi connectivity index (χ4n) is 1.15. The van der Waals surface area contributed by atoms with Crippen LogP contribution in [0.3, 0.4) is 0 Å². The van der Waals surface area contributed by atoms with Crippen LogP contribution in [0.2, 0.25) is 0 Å². The van der Waals surface area contributed by atoms with Crippen molar-refractivity contribution in [2.45, 2.75) is 27.3 Å². The van der Waals surface area contributed by atoms with Crippen molar-refractivity contribution in [1.29, 1.82) is 0 Å². The summed E-state index contributed by atoms with van der Waals surface area (Å²) in [7, 11) is 1.91. The van der Waals surface area contributed by atoms with Crippen molar-refractivity contribution in [2.75, 3.05) is 13.7 Å². The average Bonchev–Trinajstić information content (AvgIpc) is 2.19. The summed E-state index contributed by atoms with van der Waals surface area (Å²) in [5.74, 6) is 0.492. The summed E-state index contributed by atoms with van der Waals surface area (Å²) in [5, 5.41) is 3.07. The molecule has 84 valence electrons. The molecule has 0 unspecified atom stereocenters. The van der Waals surface area contributed by atoms with E-state index in [1.165, 1.54) is 0 Å². The third-order valence-corrected chi connectivity index (χ3v) is 1.97. The van der Waals surface area contributed by atoms with Gasteiger partial charge in [-0.25, -0.2) is 9.97 Å². The van der Waals surface area contributed by atoms with E-state index in [4.69, 9.17) is 4.74 Å². The van der Waals surface area contributed by atoms with Crippen LogP contribution in [0.5, 0.6) is 6.01 Å². The monoisotopic (exact) mass is 209 g/mol. The second-order valence-electron chi connectivity index (χ2n) is 4.00. The molecule has 0 aliphatic rings. The van der Waals surface area contributed by atoms with Gasteiger partial charge in [-0.15, -0.1) is 0 Å². The lowest BCUT2D eigenvalue weighted by Gasteiger charge is -2.09. The Labute approximate surface area is 91.1 Å². The Bertz CT molecular complexity index is 313. The molecule has 0 aliphatic heterocycles. The molecule has 1 rings (SSSR count). The molecule has 0 aromatic carbocycles. The predicted octanol–water partition coefficient (Wildman–Crippen LogP) is 1.54. The van der Waals surface area contributed by atoms with Crippen LogP contribution in [-0.2, 0) is 6.54 Å². The molecule has 0 saturated heterocycles. The maximum Gasteiger partial charge on any atom is 0.316 e. The first kappa shape index (κ1) is 11.9. The average molecular weight is 209 g/mol. The second kappa shape index (κ2) is 5.66. The minimum atomic E-state index is 0.473. The van der Waals surface area contributed by atoms with E-state index < -0.39 is 0 Å². The molecule has 0 aliphatic carbocycles. The number of hydrogen-bond donors (Lipinski definition) is 1. The molecule has 15 heavy (non-hydrogen) atoms. The summed E-state index contributed by atoms with van der Waals surface area (Å²) < 4.78 is 5.44. The Kier molecular flexibility index (Phi) is 4.49. The largest absolute Gasteiger partial charge is 0.463 e. The molecule has 1 N–H and O–H groups in total. The fraction of sp³-hybridized carbons (Fsp3) is 0.636. The van der Waals surface area contributed by atoms with E-state index in [0.29, 0.717) is 18.5 Å². The van der Waals surface area contributed by atoms with Gasteiger partial charge in [-0.05, 0) is 19.9 Å². The molecule has 0 bridgehead atoms. The molecule has 0 fully saturated rings. The first-order valence-corrected chi connectivity index (χ1v) is 5.23. The molecular formula is C11H19N3O. The quantitative estimate of drug-likeness (QED) is 0.799. The molecule has 0 saturated carbocycles. The van der Waals surface area contributed by atoms with Crippen molar-refractivity contribution in [3.05, 3.63) is 17.5 Å². The van der Waals surface area contributed by atoms with Gasteiger partial charge in [-0.1, -0.05) is 13.8 Å². The fourth-order valence-corrected chi connectivity index (χ4v) is 1.15. The molecule has 1 heterocycles. The summed E-state index contributed by atoms with van der Waals surface area (Å²) in [6.45, 7) is 7.61. The van der Waals surface area contributed by atoms with Crippen LogP contribution < -0.4 is 10.1 Å². The van der Waals surface area contributed by atoms with E-state index in [9.17, 15) is 0 Å². The predicted molar refractivity (Wildman–Crippen MR) is 59.9 cm³/mol. The minimum absolute atomic E-state index is 0.473. The Hall–Kier alpha value is -1.16. The smallest absolute Gasteiger partial charge is 0.316 e. The SMILES string of the molecule is CNCc1cnc(OCC(C)C)nc1C. The summed E-state index contributed by atoms with van der Waals surface area (Å²) in [5.41, 5.74) is 2.08. The zero-order valence-electron chi connectivity index (χ0n) is 9.87. The standard InChI is InChI=1S/C11H19N3O/c1-8(2)7-15-11-13-6-10(5-12-4)9(3)14-11/h6,8,12H,5,7H2,1-4H3. The molecule has 4 nitrogen and oxygen atoms in total. The van der Waals surface area contributed by atoms with Gasteiger partial charge in [0, 0.05) is 24.0 Å². The summed E-state index contributed by atoms with van der Waals surface area (Å²) in [6.07, 6.45) is 1.81. The summed E-state index contributed by atoms with van der Waals surface area (Å²) >= 11 is 0. The highest BCUT2D eigenvalue weighted by atomic mass is 16.5. The van der Waals surface area contributed by atoms with Crippen molar-refractivity contribution >= 4 is 0 Å². The van der Waals surface area contributed by atoms with Gasteiger partial charge in [-0.2, -0.15) is 0 Å². The molecule has 0 spiro atoms. The van der Waals surface area contributed by atoms with E-state index in [1.54, 1.807) is 0 Å². The van der Waals surface area contributed by atoms with E-state index in [1.807, 2.05) is 20.2 Å². The van der Waals surface area contributed by atoms with Gasteiger partial charge in [0.15, 0.2) is 0 Å². The van der Waals surface area contributed by atoms with Crippen molar-refractivity contribution < 1.29 is 4.74 Å². The molecule has 0 amide bonds. The van der Waals surface area contributed by atoms with Gasteiger partial charge in [0.25, 0.3) is 0 Å². The number of rotatable bonds is 5. The minimum Gasteiger partial charge on any atom is -0.463 e. The molecular weight excluding hydrogens is 190 g/mol. The number of hydrogen-bond acceptors (Lipinski definition) is 4. The highest BCUT2D eigenvalue weighted by molar-refractivity contribution is 5.17. The maximum absolute atomic E-state index is 5.44. The number of nitrogens with zero attached hydrogens (tertiary/aromatic N) is 2. The normalized spacial score (nSPS) is 10.7. The lowest BCUT2D eigenvalue weighted by Crippen LogP contribution is -2.11. The molecule has 0 radical (unpaired) electrons. The number of nitrogens with one attached hydrogen (secondary N) is 1. The van der Waals surface area contributed by atoms with Crippen molar-refractivity contribution in [3.8, 4) is 6.01 Å². The van der Waals surface area contributed by atoms with Gasteiger partial charge in [0.05, 0.1) is 6.61 Å². The summed E-state index contributed by atoms with van der Waals surface area (Å²) in [4.78, 5) is 8.45. The van der Waals surface area contributed by atoms with Crippen molar-refractivity contribution in [3.63, 3.8) is 0 Å². The topological polar surface area (TPSA) is 47.0 Å². The van der Waals surface area contributed by atoms with Crippen LogP contribution in [0.25, 0.3) is 0 Å². The van der Waals surface area contributed by atoms with E-state index in [0.717, 1.165) is 17.8 Å². The highest BCUT2D eigenvalue weighted by Gasteiger charge is 2.04. The van der Waals surface area contributed by atoms with Gasteiger partial charge in [0.2, 0.25) is 0 Å². The zero-order valence-corrected chi connectivity index (χ0v) is 9.87. The third-order valence-electron chi connectivity index (χ3n) is 1.97. The Morgan fingerprint density at radius 2 is 2.20 bits per heavy atom. The Balaban J connectivity index is 2.64. The van der Waals surface area contributed by atoms with E-state index in [-0.39, 0.29) is 0 Å².